The van der Waals surface area contributed by atoms with Crippen molar-refractivity contribution >= 4 is 21.5 Å². The van der Waals surface area contributed by atoms with E-state index in [1.165, 1.54) is 54.9 Å². The Bertz CT molecular complexity index is 1330. The molecule has 0 unspecified atom stereocenters. The molecule has 0 heteroatoms. The van der Waals surface area contributed by atoms with Crippen molar-refractivity contribution in [2.45, 2.75) is 6.42 Å². The van der Waals surface area contributed by atoms with Crippen LogP contribution in [0.15, 0.2) is 97.1 Å². The zero-order valence-electron chi connectivity index (χ0n) is 14.9. The molecule has 1 aliphatic carbocycles. The van der Waals surface area contributed by atoms with Crippen molar-refractivity contribution in [3.8, 4) is 22.3 Å². The van der Waals surface area contributed by atoms with E-state index in [1.807, 2.05) is 0 Å². The Kier molecular flexibility index (Phi) is 3.04. The fourth-order valence-corrected chi connectivity index (χ4v) is 4.61. The van der Waals surface area contributed by atoms with Crippen LogP contribution in [0.2, 0.25) is 0 Å². The zero-order valence-corrected chi connectivity index (χ0v) is 14.9. The molecular formula is C27H18. The van der Waals surface area contributed by atoms with Crippen LogP contribution in [0.25, 0.3) is 43.8 Å². The van der Waals surface area contributed by atoms with Gasteiger partial charge in [0.2, 0.25) is 0 Å². The number of hydrogen-bond donors (Lipinski definition) is 0. The molecule has 1 aliphatic rings. The Morgan fingerprint density at radius 3 is 2.07 bits per heavy atom. The molecule has 0 atom stereocenters. The van der Waals surface area contributed by atoms with Crippen LogP contribution in [0, 0.1) is 0 Å². The van der Waals surface area contributed by atoms with E-state index in [4.69, 9.17) is 0 Å². The molecule has 126 valence electrons. The summed E-state index contributed by atoms with van der Waals surface area (Å²) >= 11 is 0. The molecule has 0 saturated heterocycles. The molecule has 0 heterocycles. The molecular weight excluding hydrogens is 324 g/mol. The van der Waals surface area contributed by atoms with Gasteiger partial charge in [-0.25, -0.2) is 0 Å². The third kappa shape index (κ3) is 2.17. The average Bonchev–Trinajstić information content (AvgIpc) is 3.12. The molecule has 0 amide bonds. The molecule has 0 aliphatic heterocycles. The summed E-state index contributed by atoms with van der Waals surface area (Å²) in [6, 6.07) is 35.5. The molecule has 5 aromatic carbocycles. The SMILES string of the molecule is c1ccc(-c2cccc3c2-c2c(ccc4cc5ccccc5cc24)C3)cc1. The summed E-state index contributed by atoms with van der Waals surface area (Å²) in [6.07, 6.45) is 1.02. The van der Waals surface area contributed by atoms with Crippen molar-refractivity contribution in [1.82, 2.24) is 0 Å². The van der Waals surface area contributed by atoms with Crippen molar-refractivity contribution in [2.24, 2.45) is 0 Å². The van der Waals surface area contributed by atoms with E-state index in [0.29, 0.717) is 0 Å². The van der Waals surface area contributed by atoms with E-state index < -0.39 is 0 Å². The highest BCUT2D eigenvalue weighted by atomic mass is 14.3. The van der Waals surface area contributed by atoms with Gasteiger partial charge >= 0.3 is 0 Å². The van der Waals surface area contributed by atoms with Crippen LogP contribution >= 0.6 is 0 Å². The number of benzene rings is 5. The minimum atomic E-state index is 1.02. The molecule has 0 saturated carbocycles. The van der Waals surface area contributed by atoms with Crippen molar-refractivity contribution in [2.75, 3.05) is 0 Å². The lowest BCUT2D eigenvalue weighted by Gasteiger charge is -2.13. The first-order valence-corrected chi connectivity index (χ1v) is 9.50. The molecule has 0 nitrogen and oxygen atoms in total. The van der Waals surface area contributed by atoms with Crippen molar-refractivity contribution in [1.29, 1.82) is 0 Å². The summed E-state index contributed by atoms with van der Waals surface area (Å²) in [5, 5.41) is 5.31. The molecule has 0 N–H and O–H groups in total. The summed E-state index contributed by atoms with van der Waals surface area (Å²) in [5.74, 6) is 0. The van der Waals surface area contributed by atoms with Gasteiger partial charge in [-0.05, 0) is 73.5 Å². The monoisotopic (exact) mass is 342 g/mol. The van der Waals surface area contributed by atoms with Crippen LogP contribution in [-0.4, -0.2) is 0 Å². The van der Waals surface area contributed by atoms with E-state index in [-0.39, 0.29) is 0 Å². The fraction of sp³-hybridized carbons (Fsp3) is 0.0370. The van der Waals surface area contributed by atoms with Gasteiger partial charge in [0.1, 0.15) is 0 Å². The lowest BCUT2D eigenvalue weighted by Crippen LogP contribution is -1.87. The molecule has 0 fully saturated rings. The summed E-state index contributed by atoms with van der Waals surface area (Å²) in [6.45, 7) is 0. The maximum Gasteiger partial charge on any atom is -0.00130 e. The van der Waals surface area contributed by atoms with Crippen LogP contribution in [-0.2, 0) is 6.42 Å². The van der Waals surface area contributed by atoms with Crippen LogP contribution < -0.4 is 0 Å². The largest absolute Gasteiger partial charge is 0.0622 e. The smallest absolute Gasteiger partial charge is 0.00130 e. The maximum absolute atomic E-state index is 2.38. The summed E-state index contributed by atoms with van der Waals surface area (Å²) in [4.78, 5) is 0. The quantitative estimate of drug-likeness (QED) is 0.276. The Morgan fingerprint density at radius 1 is 0.481 bits per heavy atom. The minimum Gasteiger partial charge on any atom is -0.0622 e. The predicted octanol–water partition coefficient (Wildman–Crippen LogP) is 7.23. The molecule has 0 aromatic heterocycles. The molecule has 0 spiro atoms. The molecule has 5 aromatic rings. The Morgan fingerprint density at radius 2 is 1.22 bits per heavy atom. The first kappa shape index (κ1) is 14.8. The Balaban J connectivity index is 1.72. The van der Waals surface area contributed by atoms with E-state index in [9.17, 15) is 0 Å². The zero-order chi connectivity index (χ0) is 17.8. The van der Waals surface area contributed by atoms with Crippen LogP contribution in [0.1, 0.15) is 11.1 Å². The number of hydrogen-bond acceptors (Lipinski definition) is 0. The van der Waals surface area contributed by atoms with E-state index in [2.05, 4.69) is 97.1 Å². The first-order valence-electron chi connectivity index (χ1n) is 9.50. The van der Waals surface area contributed by atoms with Crippen molar-refractivity contribution in [3.63, 3.8) is 0 Å². The highest BCUT2D eigenvalue weighted by Gasteiger charge is 2.24. The van der Waals surface area contributed by atoms with Gasteiger partial charge in [-0.3, -0.25) is 0 Å². The van der Waals surface area contributed by atoms with E-state index >= 15 is 0 Å². The molecule has 0 bridgehead atoms. The second-order valence-corrected chi connectivity index (χ2v) is 7.40. The Labute approximate surface area is 158 Å². The van der Waals surface area contributed by atoms with Crippen molar-refractivity contribution in [3.05, 3.63) is 108 Å². The van der Waals surface area contributed by atoms with Gasteiger partial charge in [0, 0.05) is 0 Å². The van der Waals surface area contributed by atoms with Gasteiger partial charge in [0.05, 0.1) is 0 Å². The normalized spacial score (nSPS) is 12.3. The first-order chi connectivity index (χ1) is 13.4. The van der Waals surface area contributed by atoms with Gasteiger partial charge in [-0.15, -0.1) is 0 Å². The van der Waals surface area contributed by atoms with E-state index in [0.717, 1.165) is 6.42 Å². The Hall–Kier alpha value is -3.38. The van der Waals surface area contributed by atoms with Crippen LogP contribution in [0.5, 0.6) is 0 Å². The highest BCUT2D eigenvalue weighted by molar-refractivity contribution is 6.09. The van der Waals surface area contributed by atoms with Crippen LogP contribution in [0.3, 0.4) is 0 Å². The van der Waals surface area contributed by atoms with Gasteiger partial charge in [-0.2, -0.15) is 0 Å². The standard InChI is InChI=1S/C27H18/c1-2-7-18(8-3-1)24-12-6-11-22-16-23-14-13-21-15-19-9-4-5-10-20(19)17-25(21)27(23)26(22)24/h1-15,17H,16H2. The highest BCUT2D eigenvalue weighted by Crippen LogP contribution is 2.46. The molecule has 6 rings (SSSR count). The summed E-state index contributed by atoms with van der Waals surface area (Å²) in [5.41, 5.74) is 8.35. The third-order valence-electron chi connectivity index (χ3n) is 5.84. The topological polar surface area (TPSA) is 0 Å². The number of fused-ring (bicyclic) bond motifs is 6. The number of rotatable bonds is 1. The third-order valence-corrected chi connectivity index (χ3v) is 5.84. The second kappa shape index (κ2) is 5.56. The molecule has 0 radical (unpaired) electrons. The average molecular weight is 342 g/mol. The lowest BCUT2D eigenvalue weighted by molar-refractivity contribution is 1.27. The van der Waals surface area contributed by atoms with Crippen molar-refractivity contribution < 1.29 is 0 Å². The second-order valence-electron chi connectivity index (χ2n) is 7.40. The summed E-state index contributed by atoms with van der Waals surface area (Å²) < 4.78 is 0. The van der Waals surface area contributed by atoms with Gasteiger partial charge in [-0.1, -0.05) is 84.9 Å². The van der Waals surface area contributed by atoms with Crippen LogP contribution in [0.4, 0.5) is 0 Å². The fourth-order valence-electron chi connectivity index (χ4n) is 4.61. The minimum absolute atomic E-state index is 1.02. The lowest BCUT2D eigenvalue weighted by atomic mass is 9.90. The molecule has 27 heavy (non-hydrogen) atoms. The van der Waals surface area contributed by atoms with Gasteiger partial charge in [0.15, 0.2) is 0 Å². The van der Waals surface area contributed by atoms with Gasteiger partial charge < -0.3 is 0 Å². The van der Waals surface area contributed by atoms with Gasteiger partial charge in [0.25, 0.3) is 0 Å². The van der Waals surface area contributed by atoms with E-state index in [1.54, 1.807) is 0 Å². The maximum atomic E-state index is 2.38. The summed E-state index contributed by atoms with van der Waals surface area (Å²) in [7, 11) is 0. The predicted molar refractivity (Wildman–Crippen MR) is 115 cm³/mol.